The van der Waals surface area contributed by atoms with Gasteiger partial charge in [-0.2, -0.15) is 0 Å². The highest BCUT2D eigenvalue weighted by molar-refractivity contribution is 7.90. The van der Waals surface area contributed by atoms with Gasteiger partial charge in [0.05, 0.1) is 17.5 Å². The van der Waals surface area contributed by atoms with Crippen LogP contribution in [0.3, 0.4) is 0 Å². The minimum atomic E-state index is -3.86. The Kier molecular flexibility index (Phi) is 9.92. The quantitative estimate of drug-likeness (QED) is 0.466. The number of rotatable bonds is 13. The molecule has 0 amide bonds. The van der Waals surface area contributed by atoms with Gasteiger partial charge in [-0.05, 0) is 33.1 Å². The van der Waals surface area contributed by atoms with E-state index in [0.717, 1.165) is 12.8 Å². The van der Waals surface area contributed by atoms with Gasteiger partial charge in [0.25, 0.3) is 0 Å². The SMILES string of the molecule is CCCC(OC(CCC)C(C)(C)S(N)(=O)=O)C(C)(C)C(CCC)S(N)(=O)=O. The number of nitrogens with two attached hydrogens (primary N) is 2. The lowest BCUT2D eigenvalue weighted by molar-refractivity contribution is -0.0917. The van der Waals surface area contributed by atoms with Crippen LogP contribution < -0.4 is 10.3 Å². The lowest BCUT2D eigenvalue weighted by Gasteiger charge is -2.43. The van der Waals surface area contributed by atoms with Crippen molar-refractivity contribution in [3.8, 4) is 0 Å². The van der Waals surface area contributed by atoms with Gasteiger partial charge in [0.1, 0.15) is 4.75 Å². The van der Waals surface area contributed by atoms with Gasteiger partial charge in [-0.25, -0.2) is 27.1 Å². The van der Waals surface area contributed by atoms with E-state index < -0.39 is 47.7 Å². The van der Waals surface area contributed by atoms with E-state index in [1.807, 2.05) is 34.6 Å². The van der Waals surface area contributed by atoms with Gasteiger partial charge in [0.15, 0.2) is 0 Å². The van der Waals surface area contributed by atoms with E-state index in [1.54, 1.807) is 13.8 Å². The van der Waals surface area contributed by atoms with E-state index in [0.29, 0.717) is 25.7 Å². The number of primary sulfonamides is 2. The van der Waals surface area contributed by atoms with Crippen molar-refractivity contribution in [1.29, 1.82) is 0 Å². The van der Waals surface area contributed by atoms with Crippen LogP contribution in [0.25, 0.3) is 0 Å². The Hall–Kier alpha value is -0.220. The standard InChI is InChI=1S/C18H40N2O5S2/c1-8-11-14(17(4,5)16(13-10-3)26(19,21)22)25-15(12-9-2)18(6,7)27(20,23)24/h14-16H,8-13H2,1-7H3,(H2,19,21,22)(H2,20,23,24). The smallest absolute Gasteiger partial charge is 0.216 e. The van der Waals surface area contributed by atoms with Gasteiger partial charge in [-0.1, -0.05) is 53.9 Å². The average Bonchev–Trinajstić information content (AvgIpc) is 2.48. The molecule has 0 heterocycles. The molecular weight excluding hydrogens is 388 g/mol. The van der Waals surface area contributed by atoms with E-state index in [2.05, 4.69) is 0 Å². The molecule has 0 aliphatic rings. The first-order chi connectivity index (χ1) is 12.1. The molecule has 9 heteroatoms. The fourth-order valence-corrected chi connectivity index (χ4v) is 5.63. The van der Waals surface area contributed by atoms with E-state index in [4.69, 9.17) is 15.0 Å². The second-order valence-corrected chi connectivity index (χ2v) is 12.4. The van der Waals surface area contributed by atoms with Gasteiger partial charge >= 0.3 is 0 Å². The number of hydrogen-bond donors (Lipinski definition) is 2. The van der Waals surface area contributed by atoms with Crippen molar-refractivity contribution >= 4 is 20.0 Å². The third-order valence-corrected chi connectivity index (χ3v) is 8.91. The first-order valence-corrected chi connectivity index (χ1v) is 12.9. The third-order valence-electron chi connectivity index (χ3n) is 5.55. The largest absolute Gasteiger partial charge is 0.373 e. The third kappa shape index (κ3) is 6.96. The highest BCUT2D eigenvalue weighted by Gasteiger charge is 2.47. The highest BCUT2D eigenvalue weighted by Crippen LogP contribution is 2.39. The van der Waals surface area contributed by atoms with Crippen LogP contribution in [0.1, 0.15) is 87.0 Å². The van der Waals surface area contributed by atoms with Crippen LogP contribution in [0.15, 0.2) is 0 Å². The molecule has 0 aliphatic heterocycles. The van der Waals surface area contributed by atoms with Crippen molar-refractivity contribution in [3.05, 3.63) is 0 Å². The van der Waals surface area contributed by atoms with E-state index in [1.165, 1.54) is 0 Å². The molecule has 3 unspecified atom stereocenters. The Morgan fingerprint density at radius 2 is 1.19 bits per heavy atom. The molecule has 0 aliphatic carbocycles. The van der Waals surface area contributed by atoms with Gasteiger partial charge in [0.2, 0.25) is 20.0 Å². The molecule has 0 aromatic heterocycles. The van der Waals surface area contributed by atoms with Crippen molar-refractivity contribution in [3.63, 3.8) is 0 Å². The van der Waals surface area contributed by atoms with E-state index in [-0.39, 0.29) is 0 Å². The van der Waals surface area contributed by atoms with E-state index >= 15 is 0 Å². The fourth-order valence-electron chi connectivity index (χ4n) is 3.53. The molecule has 0 spiro atoms. The molecule has 3 atom stereocenters. The predicted molar refractivity (Wildman–Crippen MR) is 111 cm³/mol. The number of ether oxygens (including phenoxy) is 1. The minimum absolute atomic E-state index is 0.423. The zero-order valence-corrected chi connectivity index (χ0v) is 19.6. The Morgan fingerprint density at radius 1 is 0.778 bits per heavy atom. The molecule has 0 aromatic carbocycles. The zero-order chi connectivity index (χ0) is 21.7. The summed E-state index contributed by atoms with van der Waals surface area (Å²) < 4.78 is 53.8. The molecule has 0 radical (unpaired) electrons. The summed E-state index contributed by atoms with van der Waals surface area (Å²) in [5, 5.41) is 10.2. The molecule has 27 heavy (non-hydrogen) atoms. The molecule has 164 valence electrons. The van der Waals surface area contributed by atoms with Crippen molar-refractivity contribution < 1.29 is 21.6 Å². The normalized spacial score (nSPS) is 17.5. The van der Waals surface area contributed by atoms with Crippen molar-refractivity contribution in [1.82, 2.24) is 0 Å². The summed E-state index contributed by atoms with van der Waals surface area (Å²) in [4.78, 5) is 0. The minimum Gasteiger partial charge on any atom is -0.373 e. The Bertz CT molecular complexity index is 657. The number of hydrogen-bond acceptors (Lipinski definition) is 5. The average molecular weight is 429 g/mol. The first-order valence-electron chi connectivity index (χ1n) is 9.76. The van der Waals surface area contributed by atoms with E-state index in [9.17, 15) is 16.8 Å². The van der Waals surface area contributed by atoms with Gasteiger partial charge in [-0.15, -0.1) is 0 Å². The summed E-state index contributed by atoms with van der Waals surface area (Å²) in [6, 6.07) is 0. The van der Waals surface area contributed by atoms with Crippen LogP contribution in [0.4, 0.5) is 0 Å². The lowest BCUT2D eigenvalue weighted by Crippen LogP contribution is -2.54. The molecule has 0 aromatic rings. The maximum Gasteiger partial charge on any atom is 0.216 e. The summed E-state index contributed by atoms with van der Waals surface area (Å²) in [6.45, 7) is 12.6. The van der Waals surface area contributed by atoms with Crippen LogP contribution in [-0.4, -0.2) is 39.0 Å². The molecule has 0 fully saturated rings. The summed E-state index contributed by atoms with van der Waals surface area (Å²) in [7, 11) is -7.64. The summed E-state index contributed by atoms with van der Waals surface area (Å²) in [6.07, 6.45) is 2.59. The summed E-state index contributed by atoms with van der Waals surface area (Å²) >= 11 is 0. The monoisotopic (exact) mass is 428 g/mol. The first kappa shape index (κ1) is 26.8. The topological polar surface area (TPSA) is 130 Å². The second-order valence-electron chi connectivity index (χ2n) is 8.53. The number of sulfonamides is 2. The van der Waals surface area contributed by atoms with Crippen LogP contribution in [0, 0.1) is 5.41 Å². The molecule has 7 nitrogen and oxygen atoms in total. The van der Waals surface area contributed by atoms with Crippen LogP contribution >= 0.6 is 0 Å². The van der Waals surface area contributed by atoms with Crippen molar-refractivity contribution in [2.24, 2.45) is 15.7 Å². The zero-order valence-electron chi connectivity index (χ0n) is 18.0. The maximum atomic E-state index is 12.3. The van der Waals surface area contributed by atoms with Crippen LogP contribution in [-0.2, 0) is 24.8 Å². The lowest BCUT2D eigenvalue weighted by atomic mass is 9.78. The Balaban J connectivity index is 6.05. The Labute approximate surface area is 166 Å². The molecule has 4 N–H and O–H groups in total. The Morgan fingerprint density at radius 3 is 1.52 bits per heavy atom. The summed E-state index contributed by atoms with van der Waals surface area (Å²) in [5.41, 5.74) is -0.778. The molecule has 0 rings (SSSR count). The van der Waals surface area contributed by atoms with Gasteiger partial charge < -0.3 is 4.74 Å². The fraction of sp³-hybridized carbons (Fsp3) is 1.00. The van der Waals surface area contributed by atoms with Crippen LogP contribution in [0.5, 0.6) is 0 Å². The molecule has 0 saturated heterocycles. The van der Waals surface area contributed by atoms with Crippen molar-refractivity contribution in [2.45, 2.75) is 109 Å². The van der Waals surface area contributed by atoms with Gasteiger partial charge in [0, 0.05) is 5.41 Å². The highest BCUT2D eigenvalue weighted by atomic mass is 32.2. The maximum absolute atomic E-state index is 12.3. The van der Waals surface area contributed by atoms with Crippen LogP contribution in [0.2, 0.25) is 0 Å². The summed E-state index contributed by atoms with van der Waals surface area (Å²) in [5.74, 6) is 0. The second kappa shape index (κ2) is 10.0. The molecule has 0 saturated carbocycles. The molecular formula is C18H40N2O5S2. The van der Waals surface area contributed by atoms with Gasteiger partial charge in [-0.3, -0.25) is 0 Å². The molecule has 0 bridgehead atoms. The predicted octanol–water partition coefficient (Wildman–Crippen LogP) is 2.89. The van der Waals surface area contributed by atoms with Crippen molar-refractivity contribution in [2.75, 3.05) is 0 Å².